The van der Waals surface area contributed by atoms with Crippen molar-refractivity contribution in [1.29, 1.82) is 0 Å². The Kier molecular flexibility index (Phi) is 4.43. The summed E-state index contributed by atoms with van der Waals surface area (Å²) in [6, 6.07) is 2.85. The van der Waals surface area contributed by atoms with Gasteiger partial charge in [-0.25, -0.2) is 13.6 Å². The summed E-state index contributed by atoms with van der Waals surface area (Å²) in [6.45, 7) is -0.882. The maximum Gasteiger partial charge on any atom is 0.484 e. The van der Waals surface area contributed by atoms with Gasteiger partial charge in [-0.15, -0.1) is 0 Å². The summed E-state index contributed by atoms with van der Waals surface area (Å²) in [5.74, 6) is -2.48. The molecule has 1 aromatic heterocycles. The molecule has 0 amide bonds. The standard InChI is InChI=1S/C16H12F5N3O2/c1-26-15(25)14-11-4-5-23(16(19,20)21)8-13(11)24(22-14)7-9-2-3-10(17)6-12(9)18/h2-6H,7-8H2,1H3. The van der Waals surface area contributed by atoms with Crippen LogP contribution in [0.1, 0.15) is 27.3 Å². The van der Waals surface area contributed by atoms with E-state index in [-0.39, 0.29) is 34.0 Å². The minimum Gasteiger partial charge on any atom is -0.464 e. The van der Waals surface area contributed by atoms with E-state index in [0.29, 0.717) is 6.07 Å². The van der Waals surface area contributed by atoms with Crippen molar-refractivity contribution in [1.82, 2.24) is 14.7 Å². The van der Waals surface area contributed by atoms with Crippen molar-refractivity contribution < 1.29 is 31.5 Å². The molecule has 0 saturated carbocycles. The van der Waals surface area contributed by atoms with Gasteiger partial charge in [-0.3, -0.25) is 9.58 Å². The van der Waals surface area contributed by atoms with Crippen LogP contribution in [0.2, 0.25) is 0 Å². The Labute approximate surface area is 144 Å². The monoisotopic (exact) mass is 373 g/mol. The molecule has 0 atom stereocenters. The highest BCUT2D eigenvalue weighted by molar-refractivity contribution is 5.92. The first-order valence-corrected chi connectivity index (χ1v) is 7.34. The van der Waals surface area contributed by atoms with Gasteiger partial charge in [-0.1, -0.05) is 6.07 Å². The van der Waals surface area contributed by atoms with Crippen molar-refractivity contribution in [2.45, 2.75) is 19.4 Å². The van der Waals surface area contributed by atoms with Gasteiger partial charge in [-0.05, 0) is 12.1 Å². The number of alkyl halides is 3. The molecule has 1 aromatic carbocycles. The fraction of sp³-hybridized carbons (Fsp3) is 0.250. The van der Waals surface area contributed by atoms with Crippen molar-refractivity contribution in [2.24, 2.45) is 0 Å². The molecule has 3 rings (SSSR count). The molecule has 0 N–H and O–H groups in total. The molecule has 10 heteroatoms. The van der Waals surface area contributed by atoms with Gasteiger partial charge in [0.15, 0.2) is 5.69 Å². The van der Waals surface area contributed by atoms with Gasteiger partial charge in [0.25, 0.3) is 0 Å². The lowest BCUT2D eigenvalue weighted by Gasteiger charge is -2.26. The smallest absolute Gasteiger partial charge is 0.464 e. The fourth-order valence-corrected chi connectivity index (χ4v) is 2.59. The third kappa shape index (κ3) is 3.26. The molecule has 0 saturated heterocycles. The summed E-state index contributed by atoms with van der Waals surface area (Å²) < 4.78 is 71.6. The van der Waals surface area contributed by atoms with Gasteiger partial charge in [0.05, 0.1) is 25.9 Å². The summed E-state index contributed by atoms with van der Waals surface area (Å²) in [4.78, 5) is 12.0. The fourth-order valence-electron chi connectivity index (χ4n) is 2.59. The molecule has 0 radical (unpaired) electrons. The predicted octanol–water partition coefficient (Wildman–Crippen LogP) is 3.30. The van der Waals surface area contributed by atoms with Crippen molar-refractivity contribution in [3.63, 3.8) is 0 Å². The normalized spacial score (nSPS) is 13.7. The van der Waals surface area contributed by atoms with Crippen LogP contribution in [-0.4, -0.2) is 34.1 Å². The zero-order valence-corrected chi connectivity index (χ0v) is 13.3. The van der Waals surface area contributed by atoms with Crippen LogP contribution >= 0.6 is 0 Å². The maximum absolute atomic E-state index is 13.9. The Morgan fingerprint density at radius 1 is 1.31 bits per heavy atom. The van der Waals surface area contributed by atoms with Gasteiger partial charge >= 0.3 is 12.3 Å². The number of hydrogen-bond donors (Lipinski definition) is 0. The van der Waals surface area contributed by atoms with Crippen molar-refractivity contribution >= 4 is 12.0 Å². The van der Waals surface area contributed by atoms with Crippen LogP contribution in [0, 0.1) is 11.6 Å². The Morgan fingerprint density at radius 3 is 2.65 bits per heavy atom. The predicted molar refractivity (Wildman–Crippen MR) is 79.7 cm³/mol. The number of nitrogens with zero attached hydrogens (tertiary/aromatic N) is 3. The molecule has 0 bridgehead atoms. The number of halogens is 5. The first-order valence-electron chi connectivity index (χ1n) is 7.34. The Balaban J connectivity index is 2.04. The van der Waals surface area contributed by atoms with Gasteiger partial charge in [0.1, 0.15) is 11.6 Å². The maximum atomic E-state index is 13.9. The number of esters is 1. The highest BCUT2D eigenvalue weighted by Gasteiger charge is 2.38. The molecular weight excluding hydrogens is 361 g/mol. The van der Waals surface area contributed by atoms with E-state index in [9.17, 15) is 26.7 Å². The molecule has 5 nitrogen and oxygen atoms in total. The van der Waals surface area contributed by atoms with Crippen molar-refractivity contribution in [3.8, 4) is 0 Å². The molecule has 1 aliphatic heterocycles. The Hall–Kier alpha value is -2.91. The molecule has 2 heterocycles. The molecule has 0 spiro atoms. The zero-order valence-electron chi connectivity index (χ0n) is 13.3. The average molecular weight is 373 g/mol. The number of hydrogen-bond acceptors (Lipinski definition) is 4. The van der Waals surface area contributed by atoms with E-state index in [4.69, 9.17) is 0 Å². The minimum atomic E-state index is -4.63. The quantitative estimate of drug-likeness (QED) is 0.471. The highest BCUT2D eigenvalue weighted by Crippen LogP contribution is 2.31. The lowest BCUT2D eigenvalue weighted by atomic mass is 10.1. The molecule has 0 fully saturated rings. The van der Waals surface area contributed by atoms with Crippen molar-refractivity contribution in [2.75, 3.05) is 7.11 Å². The van der Waals surface area contributed by atoms with E-state index < -0.39 is 30.4 Å². The van der Waals surface area contributed by atoms with Crippen LogP contribution in [0.15, 0.2) is 24.4 Å². The molecule has 26 heavy (non-hydrogen) atoms. The number of methoxy groups -OCH3 is 1. The van der Waals surface area contributed by atoms with Crippen LogP contribution in [0.3, 0.4) is 0 Å². The minimum absolute atomic E-state index is 0.0150. The molecule has 0 aliphatic carbocycles. The Morgan fingerprint density at radius 2 is 2.04 bits per heavy atom. The second kappa shape index (κ2) is 6.43. The summed E-state index contributed by atoms with van der Waals surface area (Å²) >= 11 is 0. The first kappa shape index (κ1) is 17.9. The number of carbonyl (C=O) groups excluding carboxylic acids is 1. The molecule has 138 valence electrons. The van der Waals surface area contributed by atoms with Crippen LogP contribution in [0.5, 0.6) is 0 Å². The van der Waals surface area contributed by atoms with E-state index in [1.54, 1.807) is 0 Å². The molecular formula is C16H12F5N3O2. The van der Waals surface area contributed by atoms with E-state index in [0.717, 1.165) is 36.2 Å². The number of benzene rings is 1. The lowest BCUT2D eigenvalue weighted by molar-refractivity contribution is -0.231. The third-order valence-electron chi connectivity index (χ3n) is 3.88. The summed E-state index contributed by atoms with van der Waals surface area (Å²) in [7, 11) is 1.11. The second-order valence-electron chi connectivity index (χ2n) is 5.51. The molecule has 0 unspecified atom stereocenters. The van der Waals surface area contributed by atoms with E-state index in [1.807, 2.05) is 0 Å². The van der Waals surface area contributed by atoms with Crippen LogP contribution < -0.4 is 0 Å². The van der Waals surface area contributed by atoms with Gasteiger partial charge < -0.3 is 4.74 Å². The van der Waals surface area contributed by atoms with E-state index in [1.165, 1.54) is 0 Å². The largest absolute Gasteiger partial charge is 0.484 e. The van der Waals surface area contributed by atoms with Gasteiger partial charge in [0, 0.05) is 23.4 Å². The third-order valence-corrected chi connectivity index (χ3v) is 3.88. The van der Waals surface area contributed by atoms with Gasteiger partial charge in [0.2, 0.25) is 0 Å². The molecule has 1 aliphatic rings. The lowest BCUT2D eigenvalue weighted by Crippen LogP contribution is -2.35. The number of aromatic nitrogens is 2. The topological polar surface area (TPSA) is 47.4 Å². The highest BCUT2D eigenvalue weighted by atomic mass is 19.4. The number of carbonyl (C=O) groups is 1. The number of rotatable bonds is 3. The van der Waals surface area contributed by atoms with E-state index >= 15 is 0 Å². The van der Waals surface area contributed by atoms with Crippen molar-refractivity contribution in [3.05, 3.63) is 58.5 Å². The van der Waals surface area contributed by atoms with Crippen LogP contribution in [0.4, 0.5) is 22.0 Å². The summed E-state index contributed by atoms with van der Waals surface area (Å²) in [5.41, 5.74) is 0.0677. The second-order valence-corrected chi connectivity index (χ2v) is 5.51. The zero-order chi connectivity index (χ0) is 19.1. The molecule has 2 aromatic rings. The number of ether oxygens (including phenoxy) is 1. The van der Waals surface area contributed by atoms with E-state index in [2.05, 4.69) is 9.84 Å². The first-order chi connectivity index (χ1) is 12.2. The summed E-state index contributed by atoms with van der Waals surface area (Å²) in [5, 5.41) is 3.97. The van der Waals surface area contributed by atoms with Crippen LogP contribution in [0.25, 0.3) is 6.08 Å². The Bertz CT molecular complexity index is 889. The van der Waals surface area contributed by atoms with Crippen LogP contribution in [-0.2, 0) is 17.8 Å². The summed E-state index contributed by atoms with van der Waals surface area (Å²) in [6.07, 6.45) is -2.74. The SMILES string of the molecule is COC(=O)c1nn(Cc2ccc(F)cc2F)c2c1C=CN(C(F)(F)F)C2. The average Bonchev–Trinajstić information content (AvgIpc) is 2.94. The van der Waals surface area contributed by atoms with Gasteiger partial charge in [-0.2, -0.15) is 18.3 Å². The number of fused-ring (bicyclic) bond motifs is 1.